The molecule has 0 unspecified atom stereocenters. The first-order valence-corrected chi connectivity index (χ1v) is 11.4. The van der Waals surface area contributed by atoms with Gasteiger partial charge in [-0.25, -0.2) is 9.37 Å². The molecule has 0 aliphatic carbocycles. The molecule has 4 aromatic rings. The van der Waals surface area contributed by atoms with E-state index in [9.17, 15) is 9.18 Å². The van der Waals surface area contributed by atoms with E-state index < -0.39 is 0 Å². The summed E-state index contributed by atoms with van der Waals surface area (Å²) in [6.45, 7) is 0.603. The van der Waals surface area contributed by atoms with Gasteiger partial charge in [0.1, 0.15) is 17.1 Å². The van der Waals surface area contributed by atoms with Gasteiger partial charge in [0.2, 0.25) is 0 Å². The second-order valence-corrected chi connectivity index (χ2v) is 8.17. The molecule has 162 valence electrons. The number of ketones is 1. The number of halogens is 1. The third-order valence-corrected chi connectivity index (χ3v) is 5.66. The SMILES string of the molecule is O=C(/C=C/c1ccc(F)cc1)c1ccc(OCCCCSc2nc3ccccc3o2)cc1. The topological polar surface area (TPSA) is 52.3 Å². The van der Waals surface area contributed by atoms with Crippen LogP contribution in [0.25, 0.3) is 17.2 Å². The minimum absolute atomic E-state index is 0.114. The summed E-state index contributed by atoms with van der Waals surface area (Å²) in [5.74, 6) is 1.23. The monoisotopic (exact) mass is 447 g/mol. The molecule has 1 aromatic heterocycles. The van der Waals surface area contributed by atoms with Crippen LogP contribution < -0.4 is 4.74 Å². The fourth-order valence-electron chi connectivity index (χ4n) is 3.02. The number of allylic oxidation sites excluding steroid dienone is 1. The molecule has 0 radical (unpaired) electrons. The molecule has 3 aromatic carbocycles. The Balaban J connectivity index is 1.16. The van der Waals surface area contributed by atoms with Gasteiger partial charge in [-0.3, -0.25) is 4.79 Å². The van der Waals surface area contributed by atoms with Gasteiger partial charge in [-0.05, 0) is 73.0 Å². The Hall–Kier alpha value is -3.38. The third kappa shape index (κ3) is 6.08. The summed E-state index contributed by atoms with van der Waals surface area (Å²) in [6.07, 6.45) is 5.05. The zero-order valence-electron chi connectivity index (χ0n) is 17.4. The molecule has 0 saturated carbocycles. The van der Waals surface area contributed by atoms with Crippen molar-refractivity contribution in [2.75, 3.05) is 12.4 Å². The summed E-state index contributed by atoms with van der Waals surface area (Å²) in [5, 5.41) is 0.695. The fraction of sp³-hybridized carbons (Fsp3) is 0.154. The number of carbonyl (C=O) groups excluding carboxylic acids is 1. The summed E-state index contributed by atoms with van der Waals surface area (Å²) in [7, 11) is 0. The highest BCUT2D eigenvalue weighted by Gasteiger charge is 2.06. The smallest absolute Gasteiger partial charge is 0.256 e. The van der Waals surface area contributed by atoms with Gasteiger partial charge in [-0.15, -0.1) is 0 Å². The van der Waals surface area contributed by atoms with Gasteiger partial charge in [-0.1, -0.05) is 42.1 Å². The molecule has 4 rings (SSSR count). The maximum atomic E-state index is 12.9. The molecule has 32 heavy (non-hydrogen) atoms. The summed E-state index contributed by atoms with van der Waals surface area (Å²) in [4.78, 5) is 16.7. The van der Waals surface area contributed by atoms with Crippen LogP contribution in [0.1, 0.15) is 28.8 Å². The Morgan fingerprint density at radius 2 is 1.78 bits per heavy atom. The largest absolute Gasteiger partial charge is 0.494 e. The number of fused-ring (bicyclic) bond motifs is 1. The molecule has 0 N–H and O–H groups in total. The van der Waals surface area contributed by atoms with Gasteiger partial charge in [0.25, 0.3) is 5.22 Å². The second kappa shape index (κ2) is 10.8. The molecule has 0 fully saturated rings. The first kappa shape index (κ1) is 21.8. The minimum Gasteiger partial charge on any atom is -0.494 e. The van der Waals surface area contributed by atoms with Crippen LogP contribution >= 0.6 is 11.8 Å². The molecular weight excluding hydrogens is 425 g/mol. The van der Waals surface area contributed by atoms with E-state index in [2.05, 4.69) is 4.98 Å². The quantitative estimate of drug-likeness (QED) is 0.116. The first-order valence-electron chi connectivity index (χ1n) is 10.4. The Morgan fingerprint density at radius 1 is 1.00 bits per heavy atom. The van der Waals surface area contributed by atoms with Crippen molar-refractivity contribution in [1.29, 1.82) is 0 Å². The van der Waals surface area contributed by atoms with E-state index in [0.29, 0.717) is 17.4 Å². The molecule has 0 bridgehead atoms. The lowest BCUT2D eigenvalue weighted by Gasteiger charge is -2.06. The highest BCUT2D eigenvalue weighted by molar-refractivity contribution is 7.99. The molecule has 4 nitrogen and oxygen atoms in total. The van der Waals surface area contributed by atoms with Gasteiger partial charge in [0.15, 0.2) is 11.4 Å². The number of hydrogen-bond donors (Lipinski definition) is 0. The van der Waals surface area contributed by atoms with Crippen molar-refractivity contribution >= 4 is 34.7 Å². The zero-order valence-corrected chi connectivity index (χ0v) is 18.2. The lowest BCUT2D eigenvalue weighted by molar-refractivity contribution is 0.104. The Morgan fingerprint density at radius 3 is 2.56 bits per heavy atom. The summed E-state index contributed by atoms with van der Waals surface area (Å²) >= 11 is 1.61. The van der Waals surface area contributed by atoms with Gasteiger partial charge < -0.3 is 9.15 Å². The minimum atomic E-state index is -0.300. The van der Waals surface area contributed by atoms with E-state index in [-0.39, 0.29) is 11.6 Å². The van der Waals surface area contributed by atoms with Gasteiger partial charge in [-0.2, -0.15) is 0 Å². The zero-order chi connectivity index (χ0) is 22.2. The molecule has 0 amide bonds. The van der Waals surface area contributed by atoms with Crippen LogP contribution in [0.3, 0.4) is 0 Å². The average molecular weight is 448 g/mol. The molecule has 0 aliphatic rings. The number of para-hydroxylation sites is 2. The standard InChI is InChI=1S/C26H22FNO3S/c27-21-12-7-19(8-13-21)9-16-24(29)20-10-14-22(15-11-20)30-17-3-4-18-32-26-28-23-5-1-2-6-25(23)31-26/h1-2,5-16H,3-4,17-18H2/b16-9+. The molecule has 0 saturated heterocycles. The number of oxazole rings is 1. The maximum Gasteiger partial charge on any atom is 0.256 e. The van der Waals surface area contributed by atoms with E-state index in [1.165, 1.54) is 18.2 Å². The highest BCUT2D eigenvalue weighted by Crippen LogP contribution is 2.24. The molecule has 0 atom stereocenters. The number of unbranched alkanes of at least 4 members (excludes halogenated alkanes) is 1. The number of rotatable bonds is 10. The molecule has 6 heteroatoms. The number of thioether (sulfide) groups is 1. The van der Waals surface area contributed by atoms with Crippen LogP contribution in [-0.4, -0.2) is 23.1 Å². The lowest BCUT2D eigenvalue weighted by Crippen LogP contribution is -1.99. The summed E-state index contributed by atoms with van der Waals surface area (Å²) in [5.41, 5.74) is 3.04. The predicted octanol–water partition coefficient (Wildman–Crippen LogP) is 6.81. The van der Waals surface area contributed by atoms with Gasteiger partial charge in [0.05, 0.1) is 6.61 Å². The molecular formula is C26H22FNO3S. The normalized spacial score (nSPS) is 11.3. The van der Waals surface area contributed by atoms with E-state index in [0.717, 1.165) is 41.0 Å². The Labute approximate surface area is 190 Å². The van der Waals surface area contributed by atoms with Crippen molar-refractivity contribution in [1.82, 2.24) is 4.98 Å². The Kier molecular flexibility index (Phi) is 7.35. The van der Waals surface area contributed by atoms with Crippen molar-refractivity contribution in [2.45, 2.75) is 18.1 Å². The van der Waals surface area contributed by atoms with Gasteiger partial charge >= 0.3 is 0 Å². The maximum absolute atomic E-state index is 12.9. The van der Waals surface area contributed by atoms with E-state index in [1.807, 2.05) is 24.3 Å². The number of ether oxygens (including phenoxy) is 1. The molecule has 0 aliphatic heterocycles. The van der Waals surface area contributed by atoms with Crippen molar-refractivity contribution in [2.24, 2.45) is 0 Å². The van der Waals surface area contributed by atoms with Crippen molar-refractivity contribution in [3.8, 4) is 5.75 Å². The van der Waals surface area contributed by atoms with Crippen LogP contribution in [0.2, 0.25) is 0 Å². The number of hydrogen-bond acceptors (Lipinski definition) is 5. The summed E-state index contributed by atoms with van der Waals surface area (Å²) < 4.78 is 24.4. The van der Waals surface area contributed by atoms with E-state index in [4.69, 9.17) is 9.15 Å². The van der Waals surface area contributed by atoms with Gasteiger partial charge in [0, 0.05) is 11.3 Å². The van der Waals surface area contributed by atoms with E-state index in [1.54, 1.807) is 54.2 Å². The van der Waals surface area contributed by atoms with Crippen molar-refractivity contribution in [3.63, 3.8) is 0 Å². The highest BCUT2D eigenvalue weighted by atomic mass is 32.2. The second-order valence-electron chi connectivity index (χ2n) is 7.13. The Bertz CT molecular complexity index is 1170. The number of aromatic nitrogens is 1. The van der Waals surface area contributed by atoms with E-state index >= 15 is 0 Å². The van der Waals surface area contributed by atoms with Crippen LogP contribution in [0, 0.1) is 5.82 Å². The number of benzene rings is 3. The van der Waals surface area contributed by atoms with Crippen LogP contribution in [0.5, 0.6) is 5.75 Å². The number of carbonyl (C=O) groups is 1. The van der Waals surface area contributed by atoms with Crippen LogP contribution in [0.15, 0.2) is 88.5 Å². The lowest BCUT2D eigenvalue weighted by atomic mass is 10.1. The average Bonchev–Trinajstić information content (AvgIpc) is 3.24. The van der Waals surface area contributed by atoms with Crippen molar-refractivity contribution in [3.05, 3.63) is 95.8 Å². The molecule has 0 spiro atoms. The predicted molar refractivity (Wildman–Crippen MR) is 126 cm³/mol. The number of nitrogens with zero attached hydrogens (tertiary/aromatic N) is 1. The summed E-state index contributed by atoms with van der Waals surface area (Å²) in [6, 6.07) is 20.8. The van der Waals surface area contributed by atoms with Crippen LogP contribution in [-0.2, 0) is 0 Å². The third-order valence-electron chi connectivity index (χ3n) is 4.74. The van der Waals surface area contributed by atoms with Crippen molar-refractivity contribution < 1.29 is 18.3 Å². The van der Waals surface area contributed by atoms with Crippen LogP contribution in [0.4, 0.5) is 4.39 Å². The molecule has 1 heterocycles. The first-order chi connectivity index (χ1) is 15.7. The fourth-order valence-corrected chi connectivity index (χ4v) is 3.86.